The molecule has 3 rings (SSSR count). The minimum absolute atomic E-state index is 0.0649. The van der Waals surface area contributed by atoms with E-state index in [4.69, 9.17) is 16.0 Å². The van der Waals surface area contributed by atoms with Gasteiger partial charge in [0.2, 0.25) is 0 Å². The molecule has 0 unspecified atom stereocenters. The summed E-state index contributed by atoms with van der Waals surface area (Å²) in [7, 11) is 0. The number of benzene rings is 1. The highest BCUT2D eigenvalue weighted by Crippen LogP contribution is 2.40. The first-order valence-electron chi connectivity index (χ1n) is 5.18. The van der Waals surface area contributed by atoms with Gasteiger partial charge in [0, 0.05) is 11.5 Å². The molecule has 1 saturated carbocycles. The average Bonchev–Trinajstić information content (AvgIpc) is 3.01. The van der Waals surface area contributed by atoms with E-state index in [-0.39, 0.29) is 5.75 Å². The number of oxazole rings is 1. The number of halogens is 1. The molecule has 16 heavy (non-hydrogen) atoms. The van der Waals surface area contributed by atoms with Crippen LogP contribution < -0.4 is 0 Å². The first-order chi connectivity index (χ1) is 7.74. The summed E-state index contributed by atoms with van der Waals surface area (Å²) >= 11 is 5.74. The largest absolute Gasteiger partial charge is 0.506 e. The first-order valence-corrected chi connectivity index (χ1v) is 5.56. The second-order valence-corrected chi connectivity index (χ2v) is 4.42. The van der Waals surface area contributed by atoms with Gasteiger partial charge >= 0.3 is 0 Å². The van der Waals surface area contributed by atoms with E-state index in [1.165, 1.54) is 0 Å². The van der Waals surface area contributed by atoms with Crippen LogP contribution >= 0.6 is 11.6 Å². The number of phenols is 1. The minimum Gasteiger partial charge on any atom is -0.506 e. The van der Waals surface area contributed by atoms with Gasteiger partial charge in [-0.25, -0.2) is 4.98 Å². The highest BCUT2D eigenvalue weighted by Gasteiger charge is 2.28. The first kappa shape index (κ1) is 9.73. The van der Waals surface area contributed by atoms with Gasteiger partial charge in [-0.3, -0.25) is 0 Å². The molecule has 0 aliphatic heterocycles. The molecule has 1 N–H and O–H groups in total. The van der Waals surface area contributed by atoms with Gasteiger partial charge in [-0.2, -0.15) is 0 Å². The van der Waals surface area contributed by atoms with Crippen molar-refractivity contribution in [2.24, 2.45) is 0 Å². The van der Waals surface area contributed by atoms with Crippen molar-refractivity contribution >= 4 is 11.6 Å². The van der Waals surface area contributed by atoms with E-state index in [0.29, 0.717) is 10.9 Å². The van der Waals surface area contributed by atoms with Gasteiger partial charge < -0.3 is 9.52 Å². The molecule has 1 aliphatic carbocycles. The third kappa shape index (κ3) is 1.67. The van der Waals surface area contributed by atoms with Crippen LogP contribution in [0, 0.1) is 0 Å². The fourth-order valence-corrected chi connectivity index (χ4v) is 1.73. The Morgan fingerprint density at radius 2 is 2.19 bits per heavy atom. The summed E-state index contributed by atoms with van der Waals surface area (Å²) in [4.78, 5) is 4.39. The standard InChI is InChI=1S/C12H10ClNO2/c13-9-4-3-8(5-11(9)15)10-6-16-12(14-10)7-1-2-7/h3-7,15H,1-2H2. The second-order valence-electron chi connectivity index (χ2n) is 4.01. The number of aromatic hydroxyl groups is 1. The molecule has 1 heterocycles. The highest BCUT2D eigenvalue weighted by molar-refractivity contribution is 6.32. The van der Waals surface area contributed by atoms with Gasteiger partial charge in [-0.15, -0.1) is 0 Å². The average molecular weight is 236 g/mol. The predicted octanol–water partition coefficient (Wildman–Crippen LogP) is 3.58. The summed E-state index contributed by atoms with van der Waals surface area (Å²) in [6.45, 7) is 0. The van der Waals surface area contributed by atoms with Gasteiger partial charge in [-0.1, -0.05) is 17.7 Å². The molecule has 0 bridgehead atoms. The zero-order chi connectivity index (χ0) is 11.1. The fraction of sp³-hybridized carbons (Fsp3) is 0.250. The maximum Gasteiger partial charge on any atom is 0.197 e. The third-order valence-corrected chi connectivity index (χ3v) is 3.01. The normalized spacial score (nSPS) is 15.3. The number of nitrogens with zero attached hydrogens (tertiary/aromatic N) is 1. The molecular formula is C12H10ClNO2. The summed E-state index contributed by atoms with van der Waals surface area (Å²) in [5.41, 5.74) is 1.56. The molecule has 4 heteroatoms. The summed E-state index contributed by atoms with van der Waals surface area (Å²) in [5.74, 6) is 1.36. The lowest BCUT2D eigenvalue weighted by molar-refractivity contribution is 0.476. The lowest BCUT2D eigenvalue weighted by Gasteiger charge is -1.98. The van der Waals surface area contributed by atoms with Crippen LogP contribution in [-0.2, 0) is 0 Å². The zero-order valence-electron chi connectivity index (χ0n) is 8.48. The van der Waals surface area contributed by atoms with Crippen LogP contribution in [-0.4, -0.2) is 10.1 Å². The van der Waals surface area contributed by atoms with Crippen molar-refractivity contribution in [1.29, 1.82) is 0 Å². The Bertz CT molecular complexity index is 532. The summed E-state index contributed by atoms with van der Waals surface area (Å²) in [6.07, 6.45) is 3.94. The smallest absolute Gasteiger partial charge is 0.197 e. The Labute approximate surface area is 97.7 Å². The monoisotopic (exact) mass is 235 g/mol. The summed E-state index contributed by atoms with van der Waals surface area (Å²) < 4.78 is 5.39. The SMILES string of the molecule is Oc1cc(-c2coc(C3CC3)n2)ccc1Cl. The molecule has 0 radical (unpaired) electrons. The van der Waals surface area contributed by atoms with Crippen LogP contribution in [0.4, 0.5) is 0 Å². The van der Waals surface area contributed by atoms with Crippen LogP contribution in [0.3, 0.4) is 0 Å². The van der Waals surface area contributed by atoms with E-state index in [1.807, 2.05) is 6.07 Å². The van der Waals surface area contributed by atoms with Crippen LogP contribution in [0.1, 0.15) is 24.7 Å². The number of phenolic OH excluding ortho intramolecular Hbond substituents is 1. The van der Waals surface area contributed by atoms with Crippen molar-refractivity contribution in [1.82, 2.24) is 4.98 Å². The molecule has 82 valence electrons. The number of aromatic nitrogens is 1. The van der Waals surface area contributed by atoms with Gasteiger partial charge in [0.15, 0.2) is 5.89 Å². The molecule has 2 aromatic rings. The number of hydrogen-bond donors (Lipinski definition) is 1. The maximum absolute atomic E-state index is 9.50. The lowest BCUT2D eigenvalue weighted by atomic mass is 10.1. The predicted molar refractivity (Wildman–Crippen MR) is 60.6 cm³/mol. The van der Waals surface area contributed by atoms with E-state index in [1.54, 1.807) is 18.4 Å². The Hall–Kier alpha value is -1.48. The Kier molecular flexibility index (Phi) is 2.14. The van der Waals surface area contributed by atoms with Crippen LogP contribution in [0.2, 0.25) is 5.02 Å². The van der Waals surface area contributed by atoms with Crippen molar-refractivity contribution in [2.45, 2.75) is 18.8 Å². The van der Waals surface area contributed by atoms with Crippen molar-refractivity contribution in [3.63, 3.8) is 0 Å². The van der Waals surface area contributed by atoms with Crippen LogP contribution in [0.15, 0.2) is 28.9 Å². The van der Waals surface area contributed by atoms with Gasteiger partial charge in [0.05, 0.1) is 5.02 Å². The number of rotatable bonds is 2. The topological polar surface area (TPSA) is 46.3 Å². The molecule has 1 fully saturated rings. The van der Waals surface area contributed by atoms with E-state index >= 15 is 0 Å². The van der Waals surface area contributed by atoms with Gasteiger partial charge in [0.1, 0.15) is 17.7 Å². The molecule has 0 atom stereocenters. The molecule has 0 saturated heterocycles. The number of hydrogen-bond acceptors (Lipinski definition) is 3. The molecule has 3 nitrogen and oxygen atoms in total. The second kappa shape index (κ2) is 3.52. The molecule has 0 spiro atoms. The van der Waals surface area contributed by atoms with E-state index in [2.05, 4.69) is 4.98 Å². The van der Waals surface area contributed by atoms with E-state index in [0.717, 1.165) is 30.0 Å². The molecular weight excluding hydrogens is 226 g/mol. The summed E-state index contributed by atoms with van der Waals surface area (Å²) in [6, 6.07) is 5.06. The third-order valence-electron chi connectivity index (χ3n) is 2.69. The Balaban J connectivity index is 1.97. The zero-order valence-corrected chi connectivity index (χ0v) is 9.24. The molecule has 1 aromatic carbocycles. The van der Waals surface area contributed by atoms with E-state index < -0.39 is 0 Å². The van der Waals surface area contributed by atoms with Crippen LogP contribution in [0.25, 0.3) is 11.3 Å². The van der Waals surface area contributed by atoms with Crippen molar-refractivity contribution in [2.75, 3.05) is 0 Å². The van der Waals surface area contributed by atoms with E-state index in [9.17, 15) is 5.11 Å². The van der Waals surface area contributed by atoms with Crippen molar-refractivity contribution in [3.8, 4) is 17.0 Å². The van der Waals surface area contributed by atoms with Gasteiger partial charge in [0.25, 0.3) is 0 Å². The quantitative estimate of drug-likeness (QED) is 0.866. The van der Waals surface area contributed by atoms with Crippen LogP contribution in [0.5, 0.6) is 5.75 Å². The summed E-state index contributed by atoms with van der Waals surface area (Å²) in [5, 5.41) is 9.84. The lowest BCUT2D eigenvalue weighted by Crippen LogP contribution is -1.81. The van der Waals surface area contributed by atoms with Crippen molar-refractivity contribution in [3.05, 3.63) is 35.4 Å². The Morgan fingerprint density at radius 1 is 1.38 bits per heavy atom. The minimum atomic E-state index is 0.0649. The molecule has 0 amide bonds. The highest BCUT2D eigenvalue weighted by atomic mass is 35.5. The van der Waals surface area contributed by atoms with Crippen molar-refractivity contribution < 1.29 is 9.52 Å². The molecule has 1 aliphatic rings. The van der Waals surface area contributed by atoms with Gasteiger partial charge in [-0.05, 0) is 25.0 Å². The fourth-order valence-electron chi connectivity index (χ4n) is 1.61. The molecule has 1 aromatic heterocycles. The Morgan fingerprint density at radius 3 is 2.88 bits per heavy atom. The maximum atomic E-state index is 9.50.